The van der Waals surface area contributed by atoms with Crippen LogP contribution in [0.3, 0.4) is 0 Å². The molecule has 0 aromatic heterocycles. The van der Waals surface area contributed by atoms with E-state index in [4.69, 9.17) is 32.7 Å². The average molecular weight is 598 g/mol. The van der Waals surface area contributed by atoms with E-state index in [1.165, 1.54) is 24.3 Å². The molecule has 0 radical (unpaired) electrons. The minimum absolute atomic E-state index is 0.0996. The van der Waals surface area contributed by atoms with Crippen molar-refractivity contribution in [3.63, 3.8) is 0 Å². The number of hydrogen-bond donors (Lipinski definition) is 0. The van der Waals surface area contributed by atoms with Crippen molar-refractivity contribution in [1.82, 2.24) is 0 Å². The minimum Gasteiger partial charge on any atom is -0.491 e. The molecule has 0 bridgehead atoms. The second-order valence-electron chi connectivity index (χ2n) is 7.44. The first-order valence-electron chi connectivity index (χ1n) is 10.2. The van der Waals surface area contributed by atoms with Crippen LogP contribution in [0.5, 0.6) is 11.5 Å². The van der Waals surface area contributed by atoms with E-state index in [0.29, 0.717) is 6.07 Å². The molecular formula is C24H14Cl2F6O5P+. The van der Waals surface area contributed by atoms with Crippen LogP contribution in [-0.4, -0.2) is 25.5 Å². The van der Waals surface area contributed by atoms with E-state index in [9.17, 15) is 40.5 Å². The van der Waals surface area contributed by atoms with Gasteiger partial charge in [-0.3, -0.25) is 4.79 Å². The largest absolute Gasteiger partial charge is 0.491 e. The number of halogens is 8. The van der Waals surface area contributed by atoms with Crippen molar-refractivity contribution in [2.45, 2.75) is 12.4 Å². The van der Waals surface area contributed by atoms with Crippen molar-refractivity contribution in [1.29, 1.82) is 0 Å². The van der Waals surface area contributed by atoms with Gasteiger partial charge in [0.2, 0.25) is 0 Å². The van der Waals surface area contributed by atoms with Crippen molar-refractivity contribution < 1.29 is 50.0 Å². The summed E-state index contributed by atoms with van der Waals surface area (Å²) >= 11 is 12.6. The highest BCUT2D eigenvalue weighted by atomic mass is 35.5. The number of ether oxygens (including phenoxy) is 2. The molecule has 5 nitrogen and oxygen atoms in total. The molecule has 0 saturated carbocycles. The summed E-state index contributed by atoms with van der Waals surface area (Å²) in [5.74, 6) is -2.06. The Morgan fingerprint density at radius 2 is 1.18 bits per heavy atom. The van der Waals surface area contributed by atoms with E-state index in [2.05, 4.69) is 0 Å². The molecule has 3 rings (SSSR count). The van der Waals surface area contributed by atoms with Gasteiger partial charge in [0.15, 0.2) is 17.3 Å². The molecule has 0 spiro atoms. The first-order chi connectivity index (χ1) is 17.7. The van der Waals surface area contributed by atoms with Gasteiger partial charge in [0.1, 0.15) is 10.0 Å². The summed E-state index contributed by atoms with van der Waals surface area (Å²) in [7, 11) is -1.90. The van der Waals surface area contributed by atoms with E-state index in [1.54, 1.807) is 6.07 Å². The Balaban J connectivity index is 2.32. The van der Waals surface area contributed by atoms with Crippen LogP contribution >= 0.6 is 31.0 Å². The van der Waals surface area contributed by atoms with E-state index in [0.717, 1.165) is 14.2 Å². The maximum Gasteiger partial charge on any atom is 0.466 e. The molecule has 0 aliphatic heterocycles. The molecule has 0 fully saturated rings. The normalized spacial score (nSPS) is 12.2. The Morgan fingerprint density at radius 3 is 1.58 bits per heavy atom. The Bertz CT molecular complexity index is 1380. The summed E-state index contributed by atoms with van der Waals surface area (Å²) in [6.07, 6.45) is -10.8. The zero-order chi connectivity index (χ0) is 28.6. The number of benzene rings is 3. The molecule has 0 amide bonds. The second-order valence-corrected chi connectivity index (χ2v) is 9.63. The summed E-state index contributed by atoms with van der Waals surface area (Å²) in [6.45, 7) is 0. The van der Waals surface area contributed by atoms with E-state index >= 15 is 0 Å². The predicted molar refractivity (Wildman–Crippen MR) is 127 cm³/mol. The van der Waals surface area contributed by atoms with Gasteiger partial charge in [-0.1, -0.05) is 64.2 Å². The van der Waals surface area contributed by atoms with Gasteiger partial charge < -0.3 is 9.47 Å². The summed E-state index contributed by atoms with van der Waals surface area (Å²) < 4.78 is 105. The van der Waals surface area contributed by atoms with Crippen LogP contribution in [0.1, 0.15) is 37.4 Å². The van der Waals surface area contributed by atoms with Gasteiger partial charge in [0.05, 0.1) is 36.5 Å². The van der Waals surface area contributed by atoms with Gasteiger partial charge in [-0.2, -0.15) is 26.3 Å². The fraction of sp³-hybridized carbons (Fsp3) is 0.167. The van der Waals surface area contributed by atoms with Gasteiger partial charge in [0, 0.05) is 5.56 Å². The van der Waals surface area contributed by atoms with E-state index in [1.807, 2.05) is 0 Å². The Hall–Kier alpha value is -3.14. The molecule has 0 saturated heterocycles. The third-order valence-corrected chi connectivity index (χ3v) is 7.34. The molecular weight excluding hydrogens is 584 g/mol. The number of carbonyl (C=O) groups excluding carboxylic acids is 2. The third kappa shape index (κ3) is 5.36. The predicted octanol–water partition coefficient (Wildman–Crippen LogP) is 7.57. The highest BCUT2D eigenvalue weighted by Gasteiger charge is 2.51. The Morgan fingerprint density at radius 1 is 0.737 bits per heavy atom. The first-order valence-corrected chi connectivity index (χ1v) is 12.2. The first kappa shape index (κ1) is 29.4. The van der Waals surface area contributed by atoms with Crippen LogP contribution in [-0.2, 0) is 16.9 Å². The van der Waals surface area contributed by atoms with Gasteiger partial charge in [-0.05, 0) is 12.1 Å². The van der Waals surface area contributed by atoms with Crippen LogP contribution in [0.25, 0.3) is 0 Å². The SMILES string of the molecule is COc1c(Cl)c(C(=O)c2ccccc2)c(Cl)c(OC)c1[P+](=O)C(=O)c1c(C(F)(F)F)cccc1C(F)(F)F. The maximum atomic E-state index is 13.6. The van der Waals surface area contributed by atoms with Gasteiger partial charge in [-0.25, -0.2) is 4.79 Å². The van der Waals surface area contributed by atoms with Crippen LogP contribution in [0.4, 0.5) is 26.3 Å². The quantitative estimate of drug-likeness (QED) is 0.160. The molecule has 0 heterocycles. The summed E-state index contributed by atoms with van der Waals surface area (Å²) in [5, 5.41) is -1.99. The number of methoxy groups -OCH3 is 2. The van der Waals surface area contributed by atoms with Crippen molar-refractivity contribution in [3.05, 3.63) is 86.4 Å². The Labute approximate surface area is 222 Å². The van der Waals surface area contributed by atoms with Crippen molar-refractivity contribution in [2.24, 2.45) is 0 Å². The topological polar surface area (TPSA) is 69.7 Å². The van der Waals surface area contributed by atoms with E-state index in [-0.39, 0.29) is 17.7 Å². The summed E-state index contributed by atoms with van der Waals surface area (Å²) in [4.78, 5) is 26.2. The van der Waals surface area contributed by atoms with Gasteiger partial charge >= 0.3 is 25.7 Å². The Kier molecular flexibility index (Phi) is 8.45. The van der Waals surface area contributed by atoms with E-state index < -0.39 is 80.6 Å². The average Bonchev–Trinajstić information content (AvgIpc) is 2.86. The molecule has 200 valence electrons. The van der Waals surface area contributed by atoms with Crippen molar-refractivity contribution in [3.8, 4) is 11.5 Å². The number of carbonyl (C=O) groups is 2. The number of ketones is 1. The molecule has 1 unspecified atom stereocenters. The lowest BCUT2D eigenvalue weighted by Gasteiger charge is -2.16. The highest BCUT2D eigenvalue weighted by Crippen LogP contribution is 2.48. The van der Waals surface area contributed by atoms with Crippen molar-refractivity contribution in [2.75, 3.05) is 14.2 Å². The lowest BCUT2D eigenvalue weighted by molar-refractivity contribution is -0.143. The standard InChI is InChI=1S/C24H14Cl2F6O5P/c1-36-19-16(25)15(18(33)11-7-4-3-5-8-11)17(26)20(37-2)21(19)38(35)22(34)14-12(23(27,28)29)9-6-10-13(14)24(30,31)32/h3-10H,1-2H3/q+1. The van der Waals surface area contributed by atoms with Crippen LogP contribution < -0.4 is 14.8 Å². The van der Waals surface area contributed by atoms with Gasteiger partial charge in [0.25, 0.3) is 5.30 Å². The van der Waals surface area contributed by atoms with Crippen molar-refractivity contribution >= 4 is 47.6 Å². The molecule has 0 aliphatic carbocycles. The molecule has 0 aliphatic rings. The molecule has 14 heteroatoms. The zero-order valence-electron chi connectivity index (χ0n) is 19.1. The lowest BCUT2D eigenvalue weighted by atomic mass is 10.0. The molecule has 38 heavy (non-hydrogen) atoms. The fourth-order valence-electron chi connectivity index (χ4n) is 3.58. The summed E-state index contributed by atoms with van der Waals surface area (Å²) in [6, 6.07) is 8.48. The minimum atomic E-state index is -5.40. The van der Waals surface area contributed by atoms with Crippen LogP contribution in [0, 0.1) is 0 Å². The second kappa shape index (κ2) is 10.9. The lowest BCUT2D eigenvalue weighted by Crippen LogP contribution is -2.21. The highest BCUT2D eigenvalue weighted by molar-refractivity contribution is 7.72. The molecule has 3 aromatic rings. The summed E-state index contributed by atoms with van der Waals surface area (Å²) in [5.41, 5.74) is -8.12. The monoisotopic (exact) mass is 597 g/mol. The smallest absolute Gasteiger partial charge is 0.466 e. The fourth-order valence-corrected chi connectivity index (χ4v) is 5.89. The molecule has 3 aromatic carbocycles. The van der Waals surface area contributed by atoms with Gasteiger partial charge in [-0.15, -0.1) is 0 Å². The number of rotatable bonds is 7. The number of hydrogen-bond acceptors (Lipinski definition) is 5. The molecule has 0 N–H and O–H groups in total. The maximum absolute atomic E-state index is 13.6. The third-order valence-electron chi connectivity index (χ3n) is 5.22. The van der Waals surface area contributed by atoms with Crippen LogP contribution in [0.15, 0.2) is 48.5 Å². The number of alkyl halides is 6. The van der Waals surface area contributed by atoms with Crippen LogP contribution in [0.2, 0.25) is 10.0 Å². The zero-order valence-corrected chi connectivity index (χ0v) is 21.5. The molecule has 1 atom stereocenters.